The number of hydrogen-bond donors (Lipinski definition) is 0. The number of carbonyl (C=O) groups is 1. The van der Waals surface area contributed by atoms with Crippen LogP contribution in [0.5, 0.6) is 5.75 Å². The minimum atomic E-state index is -1.19. The van der Waals surface area contributed by atoms with E-state index in [4.69, 9.17) is 14.5 Å². The molecule has 4 aromatic rings. The summed E-state index contributed by atoms with van der Waals surface area (Å²) in [4.78, 5) is 40.7. The number of aromatic nitrogens is 3. The van der Waals surface area contributed by atoms with Gasteiger partial charge in [-0.25, -0.2) is 9.98 Å². The second-order valence-electron chi connectivity index (χ2n) is 8.10. The second kappa shape index (κ2) is 7.08. The van der Waals surface area contributed by atoms with Gasteiger partial charge in [-0.1, -0.05) is 41.7 Å². The summed E-state index contributed by atoms with van der Waals surface area (Å²) in [5, 5.41) is 0. The fraction of sp³-hybridized carbons (Fsp3) is 0.208. The van der Waals surface area contributed by atoms with Gasteiger partial charge in [0.15, 0.2) is 4.80 Å². The van der Waals surface area contributed by atoms with Crippen LogP contribution in [-0.4, -0.2) is 33.3 Å². The summed E-state index contributed by atoms with van der Waals surface area (Å²) in [7, 11) is 1.33. The third kappa shape index (κ3) is 2.92. The lowest BCUT2D eigenvalue weighted by Crippen LogP contribution is -2.58. The molecule has 2 aromatic heterocycles. The molecule has 0 saturated carbocycles. The lowest BCUT2D eigenvalue weighted by Gasteiger charge is -2.44. The zero-order valence-corrected chi connectivity index (χ0v) is 18.6. The van der Waals surface area contributed by atoms with Crippen LogP contribution in [0.25, 0.3) is 17.1 Å². The molecule has 0 saturated heterocycles. The SMILES string of the molecule is COC(=O)C1C2c3ccccc3OC1(C)N=c1s/c(=C\c3cnc4ccccc4n3)c(=O)n12. The van der Waals surface area contributed by atoms with Gasteiger partial charge in [0.2, 0.25) is 5.72 Å². The van der Waals surface area contributed by atoms with E-state index in [9.17, 15) is 9.59 Å². The van der Waals surface area contributed by atoms with Gasteiger partial charge in [-0.05, 0) is 31.2 Å². The van der Waals surface area contributed by atoms with Crippen LogP contribution in [0.3, 0.4) is 0 Å². The number of benzene rings is 2. The molecular formula is C24H18N4O4S. The van der Waals surface area contributed by atoms with Gasteiger partial charge in [0.05, 0.1) is 40.6 Å². The predicted octanol–water partition coefficient (Wildman–Crippen LogP) is 1.80. The lowest BCUT2D eigenvalue weighted by atomic mass is 9.81. The van der Waals surface area contributed by atoms with Crippen molar-refractivity contribution in [2.75, 3.05) is 7.11 Å². The molecule has 4 heterocycles. The van der Waals surface area contributed by atoms with E-state index < -0.39 is 23.7 Å². The first-order chi connectivity index (χ1) is 16.0. The minimum Gasteiger partial charge on any atom is -0.469 e. The first-order valence-corrected chi connectivity index (χ1v) is 11.2. The summed E-state index contributed by atoms with van der Waals surface area (Å²) in [6.07, 6.45) is 3.34. The van der Waals surface area contributed by atoms with E-state index in [1.54, 1.807) is 23.8 Å². The number of carbonyl (C=O) groups excluding carboxylic acids is 1. The number of fused-ring (bicyclic) bond motifs is 7. The van der Waals surface area contributed by atoms with Crippen LogP contribution in [0.2, 0.25) is 0 Å². The van der Waals surface area contributed by atoms with Crippen molar-refractivity contribution in [3.05, 3.63) is 85.7 Å². The summed E-state index contributed by atoms with van der Waals surface area (Å²) in [6.45, 7) is 1.75. The first kappa shape index (κ1) is 19.8. The summed E-state index contributed by atoms with van der Waals surface area (Å²) >= 11 is 1.24. The third-order valence-electron chi connectivity index (χ3n) is 6.08. The molecule has 0 radical (unpaired) electrons. The van der Waals surface area contributed by atoms with Crippen LogP contribution >= 0.6 is 11.3 Å². The number of thiazole rings is 1. The van der Waals surface area contributed by atoms with Gasteiger partial charge in [0.1, 0.15) is 11.7 Å². The Morgan fingerprint density at radius 1 is 1.18 bits per heavy atom. The topological polar surface area (TPSA) is 95.7 Å². The molecule has 9 heteroatoms. The highest BCUT2D eigenvalue weighted by atomic mass is 32.1. The average Bonchev–Trinajstić information content (AvgIpc) is 3.11. The Kier molecular flexibility index (Phi) is 4.25. The van der Waals surface area contributed by atoms with Crippen LogP contribution < -0.4 is 19.6 Å². The van der Waals surface area contributed by atoms with E-state index in [-0.39, 0.29) is 5.56 Å². The van der Waals surface area contributed by atoms with Crippen molar-refractivity contribution >= 4 is 34.4 Å². The number of para-hydroxylation sites is 3. The molecule has 2 aliphatic rings. The van der Waals surface area contributed by atoms with Crippen molar-refractivity contribution in [2.24, 2.45) is 10.9 Å². The zero-order valence-electron chi connectivity index (χ0n) is 17.8. The molecule has 0 amide bonds. The Bertz CT molecular complexity index is 1630. The van der Waals surface area contributed by atoms with Crippen molar-refractivity contribution in [1.29, 1.82) is 0 Å². The van der Waals surface area contributed by atoms with E-state index in [0.717, 1.165) is 16.6 Å². The molecule has 6 rings (SSSR count). The van der Waals surface area contributed by atoms with Gasteiger partial charge >= 0.3 is 5.97 Å². The van der Waals surface area contributed by atoms with Gasteiger partial charge in [0, 0.05) is 5.56 Å². The summed E-state index contributed by atoms with van der Waals surface area (Å²) in [5.41, 5.74) is 1.41. The van der Waals surface area contributed by atoms with Crippen LogP contribution in [0, 0.1) is 5.92 Å². The Morgan fingerprint density at radius 3 is 2.76 bits per heavy atom. The van der Waals surface area contributed by atoms with Crippen molar-refractivity contribution in [1.82, 2.24) is 14.5 Å². The van der Waals surface area contributed by atoms with Crippen molar-refractivity contribution in [3.8, 4) is 5.75 Å². The molecule has 33 heavy (non-hydrogen) atoms. The molecule has 2 aromatic carbocycles. The van der Waals surface area contributed by atoms with Crippen LogP contribution in [0.4, 0.5) is 0 Å². The predicted molar refractivity (Wildman–Crippen MR) is 122 cm³/mol. The monoisotopic (exact) mass is 458 g/mol. The largest absolute Gasteiger partial charge is 0.469 e. The number of ether oxygens (including phenoxy) is 2. The molecule has 3 atom stereocenters. The number of esters is 1. The van der Waals surface area contributed by atoms with Crippen LogP contribution in [-0.2, 0) is 9.53 Å². The smallest absolute Gasteiger partial charge is 0.317 e. The standard InChI is InChI=1S/C24H18N4O4S/c1-24-19(22(30)31-2)20(14-7-3-6-10-17(14)32-24)28-21(29)18(33-23(28)27-24)11-13-12-25-15-8-4-5-9-16(15)26-13/h3-12,19-20H,1-2H3/b18-11-. The van der Waals surface area contributed by atoms with E-state index >= 15 is 0 Å². The molecule has 0 spiro atoms. The van der Waals surface area contributed by atoms with E-state index in [1.807, 2.05) is 48.5 Å². The number of nitrogens with zero attached hydrogens (tertiary/aromatic N) is 4. The quantitative estimate of drug-likeness (QED) is 0.425. The fourth-order valence-electron chi connectivity index (χ4n) is 4.61. The van der Waals surface area contributed by atoms with Crippen LogP contribution in [0.1, 0.15) is 24.2 Å². The van der Waals surface area contributed by atoms with Crippen LogP contribution in [0.15, 0.2) is 64.5 Å². The fourth-order valence-corrected chi connectivity index (χ4v) is 5.69. The summed E-state index contributed by atoms with van der Waals surface area (Å²) in [6, 6.07) is 14.4. The molecular weight excluding hydrogens is 440 g/mol. The Labute approximate surface area is 191 Å². The van der Waals surface area contributed by atoms with Crippen molar-refractivity contribution in [2.45, 2.75) is 18.7 Å². The molecule has 3 unspecified atom stereocenters. The van der Waals surface area contributed by atoms with Gasteiger partial charge in [-0.2, -0.15) is 0 Å². The van der Waals surface area contributed by atoms with Gasteiger partial charge < -0.3 is 9.47 Å². The molecule has 2 bridgehead atoms. The highest BCUT2D eigenvalue weighted by Gasteiger charge is 2.55. The number of rotatable bonds is 2. The Morgan fingerprint density at radius 2 is 1.94 bits per heavy atom. The maximum Gasteiger partial charge on any atom is 0.317 e. The molecule has 0 N–H and O–H groups in total. The van der Waals surface area contributed by atoms with Gasteiger partial charge in [-0.3, -0.25) is 19.1 Å². The highest BCUT2D eigenvalue weighted by molar-refractivity contribution is 7.07. The molecule has 0 aliphatic carbocycles. The third-order valence-corrected chi connectivity index (χ3v) is 7.06. The van der Waals surface area contributed by atoms with E-state index in [0.29, 0.717) is 20.8 Å². The molecule has 164 valence electrons. The maximum absolute atomic E-state index is 13.6. The number of hydrogen-bond acceptors (Lipinski definition) is 8. The summed E-state index contributed by atoms with van der Waals surface area (Å²) in [5.74, 6) is -0.676. The lowest BCUT2D eigenvalue weighted by molar-refractivity contribution is -0.158. The average molecular weight is 458 g/mol. The number of methoxy groups -OCH3 is 1. The Hall–Kier alpha value is -3.85. The van der Waals surface area contributed by atoms with Gasteiger partial charge in [-0.15, -0.1) is 0 Å². The maximum atomic E-state index is 13.6. The Balaban J connectivity index is 1.59. The van der Waals surface area contributed by atoms with E-state index in [2.05, 4.69) is 9.97 Å². The van der Waals surface area contributed by atoms with E-state index in [1.165, 1.54) is 18.4 Å². The second-order valence-corrected chi connectivity index (χ2v) is 9.11. The minimum absolute atomic E-state index is 0.244. The summed E-state index contributed by atoms with van der Waals surface area (Å²) < 4.78 is 13.3. The molecule has 8 nitrogen and oxygen atoms in total. The zero-order chi connectivity index (χ0) is 22.7. The van der Waals surface area contributed by atoms with Crippen molar-refractivity contribution < 1.29 is 14.3 Å². The van der Waals surface area contributed by atoms with Gasteiger partial charge in [0.25, 0.3) is 5.56 Å². The normalized spacial score (nSPS) is 23.3. The highest BCUT2D eigenvalue weighted by Crippen LogP contribution is 2.47. The first-order valence-electron chi connectivity index (χ1n) is 10.4. The molecule has 2 aliphatic heterocycles. The van der Waals surface area contributed by atoms with Crippen molar-refractivity contribution in [3.63, 3.8) is 0 Å². The molecule has 0 fully saturated rings.